The second-order valence-corrected chi connectivity index (χ2v) is 3.99. The lowest BCUT2D eigenvalue weighted by Gasteiger charge is -2.39. The van der Waals surface area contributed by atoms with Crippen molar-refractivity contribution in [3.63, 3.8) is 0 Å². The molecule has 90 valence electrons. The van der Waals surface area contributed by atoms with Crippen LogP contribution in [-0.4, -0.2) is 34.1 Å². The largest absolute Gasteiger partial charge is 0.481 e. The molecule has 2 rings (SSSR count). The smallest absolute Gasteiger partial charge is 0.310 e. The van der Waals surface area contributed by atoms with Gasteiger partial charge in [0.05, 0.1) is 11.3 Å². The van der Waals surface area contributed by atoms with E-state index in [-0.39, 0.29) is 18.0 Å². The van der Waals surface area contributed by atoms with Gasteiger partial charge in [-0.1, -0.05) is 0 Å². The van der Waals surface area contributed by atoms with Gasteiger partial charge in [-0.15, -0.1) is 0 Å². The van der Waals surface area contributed by atoms with Gasteiger partial charge < -0.3 is 10.0 Å². The average Bonchev–Trinajstić information content (AvgIpc) is 2.22. The van der Waals surface area contributed by atoms with Gasteiger partial charge in [0.25, 0.3) is 0 Å². The Morgan fingerprint density at radius 1 is 1.65 bits per heavy atom. The standard InChI is InChI=1S/C10H11N3O4/c14-10(15)3-7-5-12(6-7)8-1-2-11-4-9(8)13(16)17/h1-2,4,7H,3,5-6H2,(H,14,15). The maximum Gasteiger partial charge on any atom is 0.310 e. The first kappa shape index (κ1) is 11.3. The highest BCUT2D eigenvalue weighted by Crippen LogP contribution is 2.32. The normalized spacial score (nSPS) is 15.4. The van der Waals surface area contributed by atoms with Crippen molar-refractivity contribution in [3.05, 3.63) is 28.6 Å². The molecular weight excluding hydrogens is 226 g/mol. The van der Waals surface area contributed by atoms with E-state index in [0.29, 0.717) is 18.8 Å². The van der Waals surface area contributed by atoms with Gasteiger partial charge in [0.1, 0.15) is 11.9 Å². The van der Waals surface area contributed by atoms with Gasteiger partial charge in [0, 0.05) is 25.2 Å². The van der Waals surface area contributed by atoms with Crippen LogP contribution < -0.4 is 4.90 Å². The third kappa shape index (κ3) is 2.32. The maximum atomic E-state index is 10.8. The highest BCUT2D eigenvalue weighted by atomic mass is 16.6. The molecule has 1 aromatic rings. The number of nitrogens with zero attached hydrogens (tertiary/aromatic N) is 3. The Hall–Kier alpha value is -2.18. The molecule has 0 amide bonds. The van der Waals surface area contributed by atoms with E-state index in [4.69, 9.17) is 5.11 Å². The quantitative estimate of drug-likeness (QED) is 0.617. The van der Waals surface area contributed by atoms with Gasteiger partial charge in [-0.25, -0.2) is 0 Å². The lowest BCUT2D eigenvalue weighted by Crippen LogP contribution is -2.47. The second kappa shape index (κ2) is 4.36. The summed E-state index contributed by atoms with van der Waals surface area (Å²) in [5.74, 6) is -0.765. The van der Waals surface area contributed by atoms with Gasteiger partial charge in [0.2, 0.25) is 0 Å². The molecule has 1 saturated heterocycles. The van der Waals surface area contributed by atoms with Crippen molar-refractivity contribution in [1.29, 1.82) is 0 Å². The summed E-state index contributed by atoms with van der Waals surface area (Å²) in [4.78, 5) is 26.3. The molecule has 7 nitrogen and oxygen atoms in total. The van der Waals surface area contributed by atoms with Crippen LogP contribution >= 0.6 is 0 Å². The third-order valence-corrected chi connectivity index (χ3v) is 2.74. The Balaban J connectivity index is 2.06. The minimum Gasteiger partial charge on any atom is -0.481 e. The first-order chi connectivity index (χ1) is 8.08. The maximum absolute atomic E-state index is 10.8. The van der Waals surface area contributed by atoms with E-state index in [0.717, 1.165) is 0 Å². The molecule has 1 aliphatic rings. The molecule has 0 atom stereocenters. The van der Waals surface area contributed by atoms with E-state index in [2.05, 4.69) is 4.98 Å². The van der Waals surface area contributed by atoms with Crippen LogP contribution in [-0.2, 0) is 4.79 Å². The zero-order valence-corrected chi connectivity index (χ0v) is 8.94. The van der Waals surface area contributed by atoms with Crippen molar-refractivity contribution in [2.24, 2.45) is 5.92 Å². The number of nitro groups is 1. The summed E-state index contributed by atoms with van der Waals surface area (Å²) in [6.45, 7) is 1.08. The van der Waals surface area contributed by atoms with Crippen LogP contribution in [0.15, 0.2) is 18.5 Å². The molecule has 1 fully saturated rings. The van der Waals surface area contributed by atoms with Crippen molar-refractivity contribution < 1.29 is 14.8 Å². The lowest BCUT2D eigenvalue weighted by atomic mass is 9.95. The molecule has 2 heterocycles. The summed E-state index contributed by atoms with van der Waals surface area (Å²) in [5, 5.41) is 19.4. The number of rotatable bonds is 4. The van der Waals surface area contributed by atoms with E-state index in [1.54, 1.807) is 11.0 Å². The minimum absolute atomic E-state index is 0.0405. The van der Waals surface area contributed by atoms with Crippen molar-refractivity contribution in [2.75, 3.05) is 18.0 Å². The van der Waals surface area contributed by atoms with Gasteiger partial charge in [0.15, 0.2) is 0 Å². The highest BCUT2D eigenvalue weighted by molar-refractivity contribution is 5.69. The molecular formula is C10H11N3O4. The van der Waals surface area contributed by atoms with Crippen LogP contribution in [0.3, 0.4) is 0 Å². The summed E-state index contributed by atoms with van der Waals surface area (Å²) in [6.07, 6.45) is 2.81. The number of pyridine rings is 1. The van der Waals surface area contributed by atoms with Crippen LogP contribution in [0.2, 0.25) is 0 Å². The molecule has 0 unspecified atom stereocenters. The summed E-state index contributed by atoms with van der Waals surface area (Å²) in [5.41, 5.74) is 0.466. The van der Waals surface area contributed by atoms with Crippen LogP contribution in [0.5, 0.6) is 0 Å². The van der Waals surface area contributed by atoms with Gasteiger partial charge in [-0.05, 0) is 6.07 Å². The monoisotopic (exact) mass is 237 g/mol. The first-order valence-electron chi connectivity index (χ1n) is 5.13. The van der Waals surface area contributed by atoms with Crippen molar-refractivity contribution in [3.8, 4) is 0 Å². The van der Waals surface area contributed by atoms with E-state index in [1.807, 2.05) is 0 Å². The minimum atomic E-state index is -0.834. The number of aliphatic carboxylic acids is 1. The molecule has 0 spiro atoms. The van der Waals surface area contributed by atoms with Gasteiger partial charge in [-0.2, -0.15) is 0 Å². The highest BCUT2D eigenvalue weighted by Gasteiger charge is 2.32. The summed E-state index contributed by atoms with van der Waals surface area (Å²) >= 11 is 0. The van der Waals surface area contributed by atoms with Crippen molar-refractivity contribution in [1.82, 2.24) is 4.98 Å². The predicted octanol–water partition coefficient (Wildman–Crippen LogP) is 0.901. The lowest BCUT2D eigenvalue weighted by molar-refractivity contribution is -0.384. The van der Waals surface area contributed by atoms with Gasteiger partial charge in [-0.3, -0.25) is 19.9 Å². The number of hydrogen-bond donors (Lipinski definition) is 1. The summed E-state index contributed by atoms with van der Waals surface area (Å²) in [7, 11) is 0. The second-order valence-electron chi connectivity index (χ2n) is 3.99. The van der Waals surface area contributed by atoms with E-state index in [9.17, 15) is 14.9 Å². The van der Waals surface area contributed by atoms with E-state index < -0.39 is 10.9 Å². The number of carboxylic acid groups (broad SMARTS) is 1. The fraction of sp³-hybridized carbons (Fsp3) is 0.400. The van der Waals surface area contributed by atoms with Crippen LogP contribution in [0, 0.1) is 16.0 Å². The topological polar surface area (TPSA) is 96.6 Å². The Labute approximate surface area is 96.8 Å². The van der Waals surface area contributed by atoms with Gasteiger partial charge >= 0.3 is 11.7 Å². The van der Waals surface area contributed by atoms with E-state index >= 15 is 0 Å². The Morgan fingerprint density at radius 2 is 2.35 bits per heavy atom. The number of carbonyl (C=O) groups is 1. The Kier molecular flexibility index (Phi) is 2.90. The Bertz CT molecular complexity index is 457. The SMILES string of the molecule is O=C(O)CC1CN(c2ccncc2[N+](=O)[O-])C1. The zero-order valence-electron chi connectivity index (χ0n) is 8.94. The Morgan fingerprint density at radius 3 is 2.94 bits per heavy atom. The fourth-order valence-corrected chi connectivity index (χ4v) is 1.93. The van der Waals surface area contributed by atoms with E-state index in [1.165, 1.54) is 12.4 Å². The molecule has 1 aromatic heterocycles. The van der Waals surface area contributed by atoms with Crippen LogP contribution in [0.4, 0.5) is 11.4 Å². The van der Waals surface area contributed by atoms with Crippen LogP contribution in [0.1, 0.15) is 6.42 Å². The molecule has 1 N–H and O–H groups in total. The molecule has 0 bridgehead atoms. The number of anilines is 1. The molecule has 0 aliphatic carbocycles. The number of aromatic nitrogens is 1. The first-order valence-corrected chi connectivity index (χ1v) is 5.13. The van der Waals surface area contributed by atoms with Crippen molar-refractivity contribution >= 4 is 17.3 Å². The predicted molar refractivity (Wildman–Crippen MR) is 58.8 cm³/mol. The number of hydrogen-bond acceptors (Lipinski definition) is 5. The zero-order chi connectivity index (χ0) is 12.4. The molecule has 1 aliphatic heterocycles. The average molecular weight is 237 g/mol. The molecule has 7 heteroatoms. The summed E-state index contributed by atoms with van der Waals surface area (Å²) in [6, 6.07) is 1.58. The number of carboxylic acids is 1. The van der Waals surface area contributed by atoms with Crippen LogP contribution in [0.25, 0.3) is 0 Å². The third-order valence-electron chi connectivity index (χ3n) is 2.74. The molecule has 0 radical (unpaired) electrons. The van der Waals surface area contributed by atoms with Crippen molar-refractivity contribution in [2.45, 2.75) is 6.42 Å². The molecule has 0 aromatic carbocycles. The summed E-state index contributed by atoms with van der Waals surface area (Å²) < 4.78 is 0. The fourth-order valence-electron chi connectivity index (χ4n) is 1.93. The molecule has 17 heavy (non-hydrogen) atoms. The molecule has 0 saturated carbocycles.